The smallest absolute Gasteiger partial charge is 0.275 e. The van der Waals surface area contributed by atoms with Crippen LogP contribution in [0.3, 0.4) is 0 Å². The molecule has 1 aliphatic rings. The number of pyridine rings is 1. The Balaban J connectivity index is 1.43. The minimum atomic E-state index is -0.838. The molecule has 4 heterocycles. The van der Waals surface area contributed by atoms with Crippen LogP contribution in [0.1, 0.15) is 49.1 Å². The van der Waals surface area contributed by atoms with Crippen LogP contribution in [0.5, 0.6) is 0 Å². The van der Waals surface area contributed by atoms with E-state index in [0.29, 0.717) is 11.6 Å². The number of carbonyl (C=O) groups excluding carboxylic acids is 1. The molecule has 0 unspecified atom stereocenters. The van der Waals surface area contributed by atoms with Gasteiger partial charge >= 0.3 is 0 Å². The van der Waals surface area contributed by atoms with Crippen LogP contribution in [-0.4, -0.2) is 48.6 Å². The topological polar surface area (TPSA) is 111 Å². The van der Waals surface area contributed by atoms with Crippen molar-refractivity contribution in [2.45, 2.75) is 44.8 Å². The maximum atomic E-state index is 14.6. The molecule has 0 aliphatic heterocycles. The normalized spacial score (nSPS) is 18.0. The predicted octanol–water partition coefficient (Wildman–Crippen LogP) is 4.84. The Morgan fingerprint density at radius 2 is 2.06 bits per heavy atom. The monoisotopic (exact) mass is 499 g/mol. The highest BCUT2D eigenvalue weighted by atomic mass is 32.1. The zero-order chi connectivity index (χ0) is 24.4. The van der Waals surface area contributed by atoms with Crippen molar-refractivity contribution in [3.63, 3.8) is 0 Å². The Bertz CT molecular complexity index is 1310. The molecule has 4 aromatic heterocycles. The quantitative estimate of drug-likeness (QED) is 0.352. The van der Waals surface area contributed by atoms with Crippen LogP contribution < -0.4 is 5.32 Å². The van der Waals surface area contributed by atoms with E-state index in [1.165, 1.54) is 11.3 Å². The van der Waals surface area contributed by atoms with Crippen LogP contribution >= 0.6 is 11.3 Å². The van der Waals surface area contributed by atoms with Crippen molar-refractivity contribution in [2.24, 2.45) is 0 Å². The SMILES string of the molecule is CCO[C@H]1CC[C@@H](n2cc(NC(=O)c3csc(-c4cn[nH]c4)n3)c(-c3nc(F)ccc3F)n2)CC1. The van der Waals surface area contributed by atoms with E-state index in [1.54, 1.807) is 28.7 Å². The largest absolute Gasteiger partial charge is 0.379 e. The second-order valence-corrected chi connectivity index (χ2v) is 9.06. The number of nitrogens with one attached hydrogen (secondary N) is 2. The van der Waals surface area contributed by atoms with E-state index in [1.807, 2.05) is 6.92 Å². The van der Waals surface area contributed by atoms with E-state index in [0.717, 1.165) is 43.4 Å². The molecule has 0 spiro atoms. The number of hydrogen-bond acceptors (Lipinski definition) is 7. The Kier molecular flexibility index (Phi) is 6.64. The number of thiazole rings is 1. The third kappa shape index (κ3) is 4.98. The van der Waals surface area contributed by atoms with E-state index >= 15 is 0 Å². The Morgan fingerprint density at radius 3 is 2.80 bits per heavy atom. The summed E-state index contributed by atoms with van der Waals surface area (Å²) in [6, 6.07) is 1.97. The van der Waals surface area contributed by atoms with Gasteiger partial charge in [-0.2, -0.15) is 14.6 Å². The number of anilines is 1. The number of rotatable bonds is 7. The number of halogens is 2. The van der Waals surface area contributed by atoms with Crippen molar-refractivity contribution in [2.75, 3.05) is 11.9 Å². The summed E-state index contributed by atoms with van der Waals surface area (Å²) >= 11 is 1.30. The first kappa shape index (κ1) is 23.2. The molecule has 5 rings (SSSR count). The van der Waals surface area contributed by atoms with Crippen LogP contribution in [0.25, 0.3) is 22.0 Å². The summed E-state index contributed by atoms with van der Waals surface area (Å²) in [7, 11) is 0. The summed E-state index contributed by atoms with van der Waals surface area (Å²) in [5.74, 6) is -2.06. The summed E-state index contributed by atoms with van der Waals surface area (Å²) in [5, 5.41) is 16.1. The molecule has 1 amide bonds. The second kappa shape index (κ2) is 10.0. The van der Waals surface area contributed by atoms with Crippen molar-refractivity contribution in [1.29, 1.82) is 0 Å². The summed E-state index contributed by atoms with van der Waals surface area (Å²) < 4.78 is 35.9. The van der Waals surface area contributed by atoms with Crippen molar-refractivity contribution in [1.82, 2.24) is 29.9 Å². The number of ether oxygens (including phenoxy) is 1. The Labute approximate surface area is 203 Å². The average Bonchev–Trinajstić information content (AvgIpc) is 3.62. The predicted molar refractivity (Wildman–Crippen MR) is 126 cm³/mol. The highest BCUT2D eigenvalue weighted by Crippen LogP contribution is 2.34. The molecule has 0 bridgehead atoms. The highest BCUT2D eigenvalue weighted by Gasteiger charge is 2.27. The van der Waals surface area contributed by atoms with Gasteiger partial charge in [0.05, 0.1) is 24.0 Å². The van der Waals surface area contributed by atoms with Crippen LogP contribution in [0, 0.1) is 11.8 Å². The van der Waals surface area contributed by atoms with Gasteiger partial charge in [0.15, 0.2) is 5.82 Å². The number of amides is 1. The van der Waals surface area contributed by atoms with Gasteiger partial charge in [-0.15, -0.1) is 11.3 Å². The van der Waals surface area contributed by atoms with Gasteiger partial charge in [-0.1, -0.05) is 0 Å². The van der Waals surface area contributed by atoms with Crippen molar-refractivity contribution in [3.8, 4) is 22.0 Å². The first-order valence-electron chi connectivity index (χ1n) is 11.3. The first-order valence-corrected chi connectivity index (χ1v) is 12.2. The Morgan fingerprint density at radius 1 is 1.23 bits per heavy atom. The summed E-state index contributed by atoms with van der Waals surface area (Å²) in [4.78, 5) is 21.1. The lowest BCUT2D eigenvalue weighted by Gasteiger charge is -2.28. The average molecular weight is 500 g/mol. The minimum absolute atomic E-state index is 0.0414. The zero-order valence-electron chi connectivity index (χ0n) is 18.9. The van der Waals surface area contributed by atoms with Gasteiger partial charge in [-0.05, 0) is 44.7 Å². The number of nitrogens with zero attached hydrogens (tertiary/aromatic N) is 5. The van der Waals surface area contributed by atoms with Gasteiger partial charge in [-0.3, -0.25) is 14.6 Å². The van der Waals surface area contributed by atoms with Crippen LogP contribution in [-0.2, 0) is 4.74 Å². The number of aromatic nitrogens is 6. The van der Waals surface area contributed by atoms with E-state index in [-0.39, 0.29) is 34.9 Å². The minimum Gasteiger partial charge on any atom is -0.379 e. The van der Waals surface area contributed by atoms with E-state index < -0.39 is 17.7 Å². The third-order valence-electron chi connectivity index (χ3n) is 5.92. The molecule has 1 saturated carbocycles. The fourth-order valence-electron chi connectivity index (χ4n) is 4.21. The first-order chi connectivity index (χ1) is 17.0. The molecule has 1 fully saturated rings. The number of carbonyl (C=O) groups is 1. The van der Waals surface area contributed by atoms with Gasteiger partial charge in [0.2, 0.25) is 5.95 Å². The molecule has 35 heavy (non-hydrogen) atoms. The molecule has 182 valence electrons. The van der Waals surface area contributed by atoms with Crippen molar-refractivity contribution in [3.05, 3.63) is 53.6 Å². The lowest BCUT2D eigenvalue weighted by atomic mass is 9.93. The fourth-order valence-corrected chi connectivity index (χ4v) is 4.99. The molecule has 1 aliphatic carbocycles. The van der Waals surface area contributed by atoms with Gasteiger partial charge in [0.25, 0.3) is 5.91 Å². The van der Waals surface area contributed by atoms with Crippen molar-refractivity contribution >= 4 is 22.9 Å². The van der Waals surface area contributed by atoms with E-state index in [4.69, 9.17) is 4.74 Å². The number of aromatic amines is 1. The Hall–Kier alpha value is -3.51. The molecule has 2 N–H and O–H groups in total. The molecule has 12 heteroatoms. The summed E-state index contributed by atoms with van der Waals surface area (Å²) in [5.41, 5.74) is 0.981. The van der Waals surface area contributed by atoms with Gasteiger partial charge in [0, 0.05) is 29.9 Å². The number of hydrogen-bond donors (Lipinski definition) is 2. The summed E-state index contributed by atoms with van der Waals surface area (Å²) in [6.07, 6.45) is 8.53. The van der Waals surface area contributed by atoms with Gasteiger partial charge in [0.1, 0.15) is 22.1 Å². The van der Waals surface area contributed by atoms with E-state index in [9.17, 15) is 13.6 Å². The molecule has 0 aromatic carbocycles. The van der Waals surface area contributed by atoms with Gasteiger partial charge in [-0.25, -0.2) is 14.4 Å². The molecule has 0 atom stereocenters. The van der Waals surface area contributed by atoms with Gasteiger partial charge < -0.3 is 10.1 Å². The maximum absolute atomic E-state index is 14.6. The highest BCUT2D eigenvalue weighted by molar-refractivity contribution is 7.13. The maximum Gasteiger partial charge on any atom is 0.275 e. The van der Waals surface area contributed by atoms with Crippen LogP contribution in [0.4, 0.5) is 14.5 Å². The molecule has 9 nitrogen and oxygen atoms in total. The third-order valence-corrected chi connectivity index (χ3v) is 6.81. The fraction of sp³-hybridized carbons (Fsp3) is 0.348. The lowest BCUT2D eigenvalue weighted by Crippen LogP contribution is -2.24. The molecular formula is C23H23F2N7O2S. The second-order valence-electron chi connectivity index (χ2n) is 8.20. The zero-order valence-corrected chi connectivity index (χ0v) is 19.7. The summed E-state index contributed by atoms with van der Waals surface area (Å²) in [6.45, 7) is 2.64. The number of H-pyrrole nitrogens is 1. The van der Waals surface area contributed by atoms with Crippen LogP contribution in [0.2, 0.25) is 0 Å². The molecule has 0 radical (unpaired) electrons. The molecule has 0 saturated heterocycles. The van der Waals surface area contributed by atoms with E-state index in [2.05, 4.69) is 30.6 Å². The molecule has 4 aromatic rings. The standard InChI is InChI=1S/C23H23F2N7O2S/c1-2-34-15-5-3-14(4-6-15)32-11-17(21(31-32)20-16(24)7-8-19(25)30-20)28-22(33)18-12-35-23(29-18)13-9-26-27-10-13/h7-12,14-15H,2-6H2,1H3,(H,26,27)(H,28,33)/t14-,15+. The van der Waals surface area contributed by atoms with Crippen molar-refractivity contribution < 1.29 is 18.3 Å². The van der Waals surface area contributed by atoms with Crippen LogP contribution in [0.15, 0.2) is 36.1 Å². The molecular weight excluding hydrogens is 476 g/mol. The lowest BCUT2D eigenvalue weighted by molar-refractivity contribution is 0.0260.